The number of aryl methyl sites for hydroxylation is 1. The molecular formula is C14H14N2O5. The van der Waals surface area contributed by atoms with E-state index in [9.17, 15) is 19.7 Å². The lowest BCUT2D eigenvalue weighted by Gasteiger charge is -2.28. The number of carbonyl (C=O) groups excluding carboxylic acids is 1. The first-order valence-electron chi connectivity index (χ1n) is 6.38. The van der Waals surface area contributed by atoms with E-state index in [1.807, 2.05) is 0 Å². The Bertz CT molecular complexity index is 651. The Labute approximate surface area is 120 Å². The fourth-order valence-corrected chi connectivity index (χ4v) is 2.18. The van der Waals surface area contributed by atoms with Crippen LogP contribution >= 0.6 is 0 Å². The number of nitro groups is 1. The molecule has 0 atom stereocenters. The van der Waals surface area contributed by atoms with E-state index >= 15 is 0 Å². The maximum absolute atomic E-state index is 12.0. The van der Waals surface area contributed by atoms with E-state index in [1.54, 1.807) is 0 Å². The number of hydrogen-bond acceptors (Lipinski definition) is 4. The van der Waals surface area contributed by atoms with Crippen molar-refractivity contribution >= 4 is 23.3 Å². The number of carboxylic acid groups (broad SMARTS) is 1. The number of carbonyl (C=O) groups is 2. The van der Waals surface area contributed by atoms with Crippen molar-refractivity contribution in [3.63, 3.8) is 0 Å². The molecule has 0 aromatic heterocycles. The number of rotatable bonds is 4. The summed E-state index contributed by atoms with van der Waals surface area (Å²) in [7, 11) is 0. The maximum atomic E-state index is 12.0. The summed E-state index contributed by atoms with van der Waals surface area (Å²) in [5, 5.41) is 19.6. The quantitative estimate of drug-likeness (QED) is 0.518. The average Bonchev–Trinajstić information content (AvgIpc) is 2.45. The first-order chi connectivity index (χ1) is 9.90. The molecular weight excluding hydrogens is 276 g/mol. The molecule has 1 N–H and O–H groups in total. The standard InChI is InChI=1S/C14H14N2O5/c1-9(14(18)19)6-7-15-12-4-3-11(16(20)21)8-10(12)2-5-13(15)17/h3-4,6,8H,2,5,7H2,1H3,(H,18,19). The van der Waals surface area contributed by atoms with Crippen LogP contribution in [0.15, 0.2) is 29.8 Å². The van der Waals surface area contributed by atoms with Crippen LogP contribution in [0.2, 0.25) is 0 Å². The van der Waals surface area contributed by atoms with Crippen molar-refractivity contribution in [2.75, 3.05) is 11.4 Å². The minimum absolute atomic E-state index is 0.0136. The lowest BCUT2D eigenvalue weighted by Crippen LogP contribution is -2.35. The summed E-state index contributed by atoms with van der Waals surface area (Å²) in [5.41, 5.74) is 1.47. The second kappa shape index (κ2) is 5.74. The first-order valence-corrected chi connectivity index (χ1v) is 6.38. The van der Waals surface area contributed by atoms with Gasteiger partial charge >= 0.3 is 5.97 Å². The molecule has 0 aliphatic carbocycles. The molecule has 2 rings (SSSR count). The summed E-state index contributed by atoms with van der Waals surface area (Å²) in [6, 6.07) is 4.34. The molecule has 1 aromatic rings. The van der Waals surface area contributed by atoms with Gasteiger partial charge in [0.25, 0.3) is 5.69 Å². The Balaban J connectivity index is 2.32. The van der Waals surface area contributed by atoms with Crippen LogP contribution in [-0.2, 0) is 16.0 Å². The zero-order valence-electron chi connectivity index (χ0n) is 11.4. The summed E-state index contributed by atoms with van der Waals surface area (Å²) in [6.07, 6.45) is 2.17. The van der Waals surface area contributed by atoms with Gasteiger partial charge in [0.05, 0.1) is 4.92 Å². The van der Waals surface area contributed by atoms with Gasteiger partial charge in [0.15, 0.2) is 0 Å². The van der Waals surface area contributed by atoms with Crippen molar-refractivity contribution < 1.29 is 19.6 Å². The van der Waals surface area contributed by atoms with Crippen LogP contribution < -0.4 is 4.90 Å². The van der Waals surface area contributed by atoms with Crippen molar-refractivity contribution in [1.29, 1.82) is 0 Å². The number of fused-ring (bicyclic) bond motifs is 1. The number of nitro benzene ring substituents is 1. The molecule has 0 spiro atoms. The normalized spacial score (nSPS) is 14.8. The third kappa shape index (κ3) is 3.07. The van der Waals surface area contributed by atoms with E-state index in [4.69, 9.17) is 5.11 Å². The lowest BCUT2D eigenvalue weighted by atomic mass is 10.0. The van der Waals surface area contributed by atoms with E-state index < -0.39 is 10.9 Å². The lowest BCUT2D eigenvalue weighted by molar-refractivity contribution is -0.384. The van der Waals surface area contributed by atoms with Gasteiger partial charge in [-0.2, -0.15) is 0 Å². The zero-order chi connectivity index (χ0) is 15.6. The van der Waals surface area contributed by atoms with E-state index in [-0.39, 0.29) is 30.1 Å². The highest BCUT2D eigenvalue weighted by molar-refractivity contribution is 5.97. The molecule has 0 saturated carbocycles. The van der Waals surface area contributed by atoms with E-state index in [2.05, 4.69) is 0 Å². The van der Waals surface area contributed by atoms with Gasteiger partial charge < -0.3 is 10.0 Å². The molecule has 1 amide bonds. The molecule has 1 aliphatic rings. The van der Waals surface area contributed by atoms with Gasteiger partial charge in [-0.15, -0.1) is 0 Å². The SMILES string of the molecule is CC(=CCN1C(=O)CCc2cc([N+](=O)[O-])ccc21)C(=O)O. The number of aliphatic carboxylic acids is 1. The summed E-state index contributed by atoms with van der Waals surface area (Å²) >= 11 is 0. The molecule has 7 heteroatoms. The van der Waals surface area contributed by atoms with Gasteiger partial charge in [-0.3, -0.25) is 14.9 Å². The van der Waals surface area contributed by atoms with Crippen molar-refractivity contribution in [3.8, 4) is 0 Å². The third-order valence-electron chi connectivity index (χ3n) is 3.39. The van der Waals surface area contributed by atoms with Crippen molar-refractivity contribution in [1.82, 2.24) is 0 Å². The largest absolute Gasteiger partial charge is 0.478 e. The first kappa shape index (κ1) is 14.7. The Morgan fingerprint density at radius 1 is 1.48 bits per heavy atom. The highest BCUT2D eigenvalue weighted by Gasteiger charge is 2.25. The van der Waals surface area contributed by atoms with Gasteiger partial charge in [0.1, 0.15) is 0 Å². The smallest absolute Gasteiger partial charge is 0.331 e. The van der Waals surface area contributed by atoms with Crippen molar-refractivity contribution in [3.05, 3.63) is 45.5 Å². The Morgan fingerprint density at radius 2 is 2.19 bits per heavy atom. The molecule has 0 radical (unpaired) electrons. The third-order valence-corrected chi connectivity index (χ3v) is 3.39. The fourth-order valence-electron chi connectivity index (χ4n) is 2.18. The van der Waals surface area contributed by atoms with E-state index in [0.29, 0.717) is 12.1 Å². The number of anilines is 1. The molecule has 110 valence electrons. The van der Waals surface area contributed by atoms with Crippen LogP contribution in [0.25, 0.3) is 0 Å². The summed E-state index contributed by atoms with van der Waals surface area (Å²) in [5.74, 6) is -1.16. The van der Waals surface area contributed by atoms with E-state index in [0.717, 1.165) is 5.56 Å². The van der Waals surface area contributed by atoms with Crippen LogP contribution in [0.4, 0.5) is 11.4 Å². The predicted molar refractivity (Wildman–Crippen MR) is 75.2 cm³/mol. The molecule has 1 aromatic carbocycles. The predicted octanol–water partition coefficient (Wildman–Crippen LogP) is 1.90. The van der Waals surface area contributed by atoms with Crippen LogP contribution in [0.5, 0.6) is 0 Å². The minimum atomic E-state index is -1.04. The summed E-state index contributed by atoms with van der Waals surface area (Å²) in [4.78, 5) is 34.5. The van der Waals surface area contributed by atoms with Gasteiger partial charge in [0, 0.05) is 36.4 Å². The van der Waals surface area contributed by atoms with Gasteiger partial charge in [-0.05, 0) is 25.0 Å². The molecule has 0 bridgehead atoms. The van der Waals surface area contributed by atoms with Crippen LogP contribution in [0, 0.1) is 10.1 Å². The zero-order valence-corrected chi connectivity index (χ0v) is 11.4. The molecule has 1 aliphatic heterocycles. The number of nitrogens with zero attached hydrogens (tertiary/aromatic N) is 2. The van der Waals surface area contributed by atoms with Gasteiger partial charge in [-0.1, -0.05) is 6.08 Å². The fraction of sp³-hybridized carbons (Fsp3) is 0.286. The minimum Gasteiger partial charge on any atom is -0.478 e. The molecule has 7 nitrogen and oxygen atoms in total. The second-order valence-corrected chi connectivity index (χ2v) is 4.77. The Kier molecular flexibility index (Phi) is 4.02. The number of carboxylic acids is 1. The highest BCUT2D eigenvalue weighted by atomic mass is 16.6. The van der Waals surface area contributed by atoms with E-state index in [1.165, 1.54) is 36.1 Å². The number of non-ortho nitro benzene ring substituents is 1. The van der Waals surface area contributed by atoms with Crippen LogP contribution in [0.3, 0.4) is 0 Å². The number of amides is 1. The Morgan fingerprint density at radius 3 is 2.81 bits per heavy atom. The highest BCUT2D eigenvalue weighted by Crippen LogP contribution is 2.31. The Hall–Kier alpha value is -2.70. The summed E-state index contributed by atoms with van der Waals surface area (Å²) < 4.78 is 0. The number of benzene rings is 1. The molecule has 0 unspecified atom stereocenters. The molecule has 0 fully saturated rings. The second-order valence-electron chi connectivity index (χ2n) is 4.77. The monoisotopic (exact) mass is 290 g/mol. The van der Waals surface area contributed by atoms with Crippen LogP contribution in [-0.4, -0.2) is 28.5 Å². The molecule has 0 saturated heterocycles. The number of hydrogen-bond donors (Lipinski definition) is 1. The van der Waals surface area contributed by atoms with Gasteiger partial charge in [-0.25, -0.2) is 4.79 Å². The molecule has 1 heterocycles. The maximum Gasteiger partial charge on any atom is 0.331 e. The van der Waals surface area contributed by atoms with Gasteiger partial charge in [0.2, 0.25) is 5.91 Å². The topological polar surface area (TPSA) is 101 Å². The van der Waals surface area contributed by atoms with Crippen LogP contribution in [0.1, 0.15) is 18.9 Å². The summed E-state index contributed by atoms with van der Waals surface area (Å²) in [6.45, 7) is 1.59. The average molecular weight is 290 g/mol. The van der Waals surface area contributed by atoms with Crippen molar-refractivity contribution in [2.45, 2.75) is 19.8 Å². The van der Waals surface area contributed by atoms with Crippen molar-refractivity contribution in [2.24, 2.45) is 0 Å². The molecule has 21 heavy (non-hydrogen) atoms.